The molecule has 0 aliphatic rings. The van der Waals surface area contributed by atoms with E-state index in [1.54, 1.807) is 0 Å². The van der Waals surface area contributed by atoms with Gasteiger partial charge in [-0.3, -0.25) is 18.6 Å². The number of carbonyl (C=O) groups excluding carboxylic acids is 2. The Morgan fingerprint density at radius 3 is 1.32 bits per heavy atom. The smallest absolute Gasteiger partial charge is 0.462 e. The fourth-order valence-electron chi connectivity index (χ4n) is 6.54. The van der Waals surface area contributed by atoms with E-state index in [0.29, 0.717) is 12.8 Å². The number of unbranched alkanes of at least 4 members (excludes halogenated alkanes) is 25. The van der Waals surface area contributed by atoms with Crippen LogP contribution in [0.4, 0.5) is 0 Å². The highest BCUT2D eigenvalue weighted by molar-refractivity contribution is 7.47. The van der Waals surface area contributed by atoms with Crippen LogP contribution < -0.4 is 0 Å². The number of hydrogen-bond donors (Lipinski definition) is 3. The standard InChI is InChI=1S/C48H89O10P/c1-3-5-7-9-11-13-15-17-18-19-20-21-22-23-24-25-26-28-29-31-33-35-37-39-47(51)55-43-46(44-57-59(53,54)56-42-45(50)41-49)58-48(52)40-38-36-34-32-30-27-16-14-12-10-8-6-4-2/h25-27,30-31,33,45-46,49-50H,3-24,28-29,32,34-44H2,1-2H3,(H,53,54)/b26-25+,30-27+,33-31+/t45-,46+/m1/s1. The zero-order chi connectivity index (χ0) is 43.3. The summed E-state index contributed by atoms with van der Waals surface area (Å²) in [5, 5.41) is 18.3. The lowest BCUT2D eigenvalue weighted by molar-refractivity contribution is -0.161. The maximum absolute atomic E-state index is 12.6. The van der Waals surface area contributed by atoms with Crippen molar-refractivity contribution < 1.29 is 47.8 Å². The van der Waals surface area contributed by atoms with E-state index in [1.807, 2.05) is 0 Å². The van der Waals surface area contributed by atoms with Crippen LogP contribution in [-0.2, 0) is 32.7 Å². The lowest BCUT2D eigenvalue weighted by Crippen LogP contribution is -2.29. The maximum Gasteiger partial charge on any atom is 0.472 e. The Morgan fingerprint density at radius 2 is 0.864 bits per heavy atom. The average Bonchev–Trinajstić information content (AvgIpc) is 3.22. The van der Waals surface area contributed by atoms with E-state index in [0.717, 1.165) is 51.4 Å². The van der Waals surface area contributed by atoms with Crippen LogP contribution in [0.5, 0.6) is 0 Å². The van der Waals surface area contributed by atoms with E-state index in [1.165, 1.54) is 128 Å². The molecule has 3 N–H and O–H groups in total. The van der Waals surface area contributed by atoms with E-state index >= 15 is 0 Å². The van der Waals surface area contributed by atoms with Crippen molar-refractivity contribution in [2.24, 2.45) is 0 Å². The molecular formula is C48H89O10P. The molecule has 346 valence electrons. The summed E-state index contributed by atoms with van der Waals surface area (Å²) in [5.74, 6) is -0.989. The summed E-state index contributed by atoms with van der Waals surface area (Å²) >= 11 is 0. The van der Waals surface area contributed by atoms with Gasteiger partial charge < -0.3 is 24.6 Å². The normalized spacial score (nSPS) is 14.1. The second-order valence-electron chi connectivity index (χ2n) is 16.1. The number of allylic oxidation sites excluding steroid dienone is 6. The first-order chi connectivity index (χ1) is 28.7. The van der Waals surface area contributed by atoms with Crippen molar-refractivity contribution in [1.82, 2.24) is 0 Å². The molecule has 0 radical (unpaired) electrons. The Bertz CT molecular complexity index is 1080. The average molecular weight is 857 g/mol. The monoisotopic (exact) mass is 857 g/mol. The Labute approximate surface area is 361 Å². The SMILES string of the molecule is CCCCCCCC/C=C/CCCCCC(=O)O[C@@H](COC(=O)CCC/C=C/CC/C=C/CCCCCCCCCCCCCCCC)COP(=O)(O)OC[C@H](O)CO. The van der Waals surface area contributed by atoms with Crippen molar-refractivity contribution in [3.63, 3.8) is 0 Å². The molecule has 11 heteroatoms. The number of carbonyl (C=O) groups is 2. The van der Waals surface area contributed by atoms with Crippen molar-refractivity contribution in [3.05, 3.63) is 36.5 Å². The fourth-order valence-corrected chi connectivity index (χ4v) is 7.33. The summed E-state index contributed by atoms with van der Waals surface area (Å²) in [5.41, 5.74) is 0. The third kappa shape index (κ3) is 44.1. The van der Waals surface area contributed by atoms with E-state index < -0.39 is 51.8 Å². The van der Waals surface area contributed by atoms with Gasteiger partial charge in [0.25, 0.3) is 0 Å². The van der Waals surface area contributed by atoms with Crippen LogP contribution in [0.3, 0.4) is 0 Å². The van der Waals surface area contributed by atoms with Crippen LogP contribution in [0.15, 0.2) is 36.5 Å². The number of aliphatic hydroxyl groups excluding tert-OH is 2. The molecule has 0 aromatic carbocycles. The summed E-state index contributed by atoms with van der Waals surface area (Å²) in [4.78, 5) is 35.0. The number of phosphoric ester groups is 1. The second-order valence-corrected chi connectivity index (χ2v) is 17.6. The van der Waals surface area contributed by atoms with Gasteiger partial charge in [0.05, 0.1) is 19.8 Å². The molecule has 0 saturated carbocycles. The third-order valence-electron chi connectivity index (χ3n) is 10.2. The van der Waals surface area contributed by atoms with Crippen molar-refractivity contribution in [2.45, 2.75) is 232 Å². The molecule has 0 aliphatic carbocycles. The largest absolute Gasteiger partial charge is 0.472 e. The predicted molar refractivity (Wildman–Crippen MR) is 242 cm³/mol. The fraction of sp³-hybridized carbons (Fsp3) is 0.833. The molecule has 1 unspecified atom stereocenters. The van der Waals surface area contributed by atoms with Crippen LogP contribution in [0.25, 0.3) is 0 Å². The quantitative estimate of drug-likeness (QED) is 0.0234. The van der Waals surface area contributed by atoms with Gasteiger partial charge in [-0.2, -0.15) is 0 Å². The van der Waals surface area contributed by atoms with Crippen molar-refractivity contribution in [2.75, 3.05) is 26.4 Å². The minimum Gasteiger partial charge on any atom is -0.462 e. The molecule has 0 fully saturated rings. The molecule has 0 heterocycles. The van der Waals surface area contributed by atoms with Gasteiger partial charge in [0.2, 0.25) is 0 Å². The minimum absolute atomic E-state index is 0.156. The van der Waals surface area contributed by atoms with Crippen LogP contribution >= 0.6 is 7.82 Å². The number of esters is 2. The van der Waals surface area contributed by atoms with Gasteiger partial charge in [-0.05, 0) is 70.6 Å². The van der Waals surface area contributed by atoms with Gasteiger partial charge in [-0.25, -0.2) is 4.57 Å². The predicted octanol–water partition coefficient (Wildman–Crippen LogP) is 13.1. The summed E-state index contributed by atoms with van der Waals surface area (Å²) in [6.45, 7) is 2.33. The highest BCUT2D eigenvalue weighted by atomic mass is 31.2. The number of phosphoric acid groups is 1. The maximum atomic E-state index is 12.6. The highest BCUT2D eigenvalue weighted by Gasteiger charge is 2.27. The highest BCUT2D eigenvalue weighted by Crippen LogP contribution is 2.43. The van der Waals surface area contributed by atoms with Crippen molar-refractivity contribution >= 4 is 19.8 Å². The number of aliphatic hydroxyl groups is 2. The Kier molecular flexibility index (Phi) is 42.9. The molecule has 0 rings (SSSR count). The zero-order valence-corrected chi connectivity index (χ0v) is 38.6. The molecule has 0 aliphatic heterocycles. The molecule has 3 atom stereocenters. The van der Waals surface area contributed by atoms with Crippen LogP contribution in [0.1, 0.15) is 219 Å². The van der Waals surface area contributed by atoms with Gasteiger partial charge in [-0.1, -0.05) is 172 Å². The third-order valence-corrected chi connectivity index (χ3v) is 11.2. The minimum atomic E-state index is -4.63. The van der Waals surface area contributed by atoms with Crippen LogP contribution in [0.2, 0.25) is 0 Å². The first kappa shape index (κ1) is 57.2. The van der Waals surface area contributed by atoms with E-state index in [2.05, 4.69) is 54.8 Å². The van der Waals surface area contributed by atoms with Crippen molar-refractivity contribution in [1.29, 1.82) is 0 Å². The molecule has 0 saturated heterocycles. The molecule has 0 aromatic heterocycles. The number of rotatable bonds is 45. The van der Waals surface area contributed by atoms with Gasteiger partial charge in [-0.15, -0.1) is 0 Å². The first-order valence-electron chi connectivity index (χ1n) is 23.9. The summed E-state index contributed by atoms with van der Waals surface area (Å²) in [6, 6.07) is 0. The molecule has 0 aromatic rings. The van der Waals surface area contributed by atoms with Crippen molar-refractivity contribution in [3.8, 4) is 0 Å². The molecular weight excluding hydrogens is 767 g/mol. The Balaban J connectivity index is 4.23. The first-order valence-corrected chi connectivity index (χ1v) is 25.4. The lowest BCUT2D eigenvalue weighted by atomic mass is 10.0. The summed E-state index contributed by atoms with van der Waals surface area (Å²) in [6.07, 6.45) is 47.1. The summed E-state index contributed by atoms with van der Waals surface area (Å²) < 4.78 is 32.7. The Morgan fingerprint density at radius 1 is 0.492 bits per heavy atom. The zero-order valence-electron chi connectivity index (χ0n) is 37.7. The summed E-state index contributed by atoms with van der Waals surface area (Å²) in [7, 11) is -4.63. The van der Waals surface area contributed by atoms with Gasteiger partial charge >= 0.3 is 19.8 Å². The Hall–Kier alpha value is -1.81. The molecule has 59 heavy (non-hydrogen) atoms. The van der Waals surface area contributed by atoms with Crippen LogP contribution in [-0.4, -0.2) is 65.7 Å². The van der Waals surface area contributed by atoms with Crippen LogP contribution in [0, 0.1) is 0 Å². The number of hydrogen-bond acceptors (Lipinski definition) is 9. The topological polar surface area (TPSA) is 149 Å². The van der Waals surface area contributed by atoms with Gasteiger partial charge in [0.15, 0.2) is 6.10 Å². The molecule has 10 nitrogen and oxygen atoms in total. The molecule has 0 amide bonds. The lowest BCUT2D eigenvalue weighted by Gasteiger charge is -2.20. The van der Waals surface area contributed by atoms with E-state index in [4.69, 9.17) is 19.1 Å². The molecule has 0 bridgehead atoms. The number of ether oxygens (including phenoxy) is 2. The molecule has 0 spiro atoms. The second kappa shape index (κ2) is 44.3. The van der Waals surface area contributed by atoms with E-state index in [-0.39, 0.29) is 19.4 Å². The van der Waals surface area contributed by atoms with Gasteiger partial charge in [0, 0.05) is 12.8 Å². The van der Waals surface area contributed by atoms with Gasteiger partial charge in [0.1, 0.15) is 12.7 Å². The van der Waals surface area contributed by atoms with E-state index in [9.17, 15) is 24.2 Å².